The molecular formula is C19H31IN4O3. The number of aliphatic hydroxyl groups excluding tert-OH is 1. The number of carbonyl (C=O) groups excluding carboxylic acids is 1. The van der Waals surface area contributed by atoms with Crippen LogP contribution in [0.3, 0.4) is 0 Å². The molecule has 1 aromatic rings. The molecular weight excluding hydrogens is 459 g/mol. The number of hydrogen-bond acceptors (Lipinski definition) is 4. The Morgan fingerprint density at radius 2 is 2.22 bits per heavy atom. The second-order valence-electron chi connectivity index (χ2n) is 6.34. The Bertz CT molecular complexity index is 627. The van der Waals surface area contributed by atoms with Crippen molar-refractivity contribution in [1.82, 2.24) is 15.5 Å². The second kappa shape index (κ2) is 12.0. The molecule has 27 heavy (non-hydrogen) atoms. The van der Waals surface area contributed by atoms with Crippen molar-refractivity contribution in [3.05, 3.63) is 29.8 Å². The summed E-state index contributed by atoms with van der Waals surface area (Å²) in [5.74, 6) is 1.55. The molecule has 1 fully saturated rings. The Kier molecular flexibility index (Phi) is 10.5. The lowest BCUT2D eigenvalue weighted by Crippen LogP contribution is -2.45. The van der Waals surface area contributed by atoms with Gasteiger partial charge in [-0.25, -0.2) is 0 Å². The molecule has 1 aromatic carbocycles. The van der Waals surface area contributed by atoms with Gasteiger partial charge in [-0.1, -0.05) is 19.1 Å². The van der Waals surface area contributed by atoms with E-state index in [-0.39, 0.29) is 42.5 Å². The number of nitrogens with one attached hydrogen (secondary N) is 2. The normalized spacial score (nSPS) is 17.9. The number of guanidine groups is 1. The summed E-state index contributed by atoms with van der Waals surface area (Å²) in [5, 5.41) is 17.0. The molecule has 0 spiro atoms. The number of likely N-dealkylation sites (tertiary alicyclic amines) is 1. The molecule has 0 bridgehead atoms. The van der Waals surface area contributed by atoms with Gasteiger partial charge in [-0.2, -0.15) is 0 Å². The lowest BCUT2D eigenvalue weighted by atomic mass is 10.1. The Balaban J connectivity index is 0.00000364. The molecule has 1 amide bonds. The molecule has 2 unspecified atom stereocenters. The smallest absolute Gasteiger partial charge is 0.222 e. The molecule has 2 rings (SSSR count). The van der Waals surface area contributed by atoms with E-state index in [0.29, 0.717) is 24.7 Å². The van der Waals surface area contributed by atoms with E-state index in [1.807, 2.05) is 43.0 Å². The number of halogens is 1. The first-order valence-electron chi connectivity index (χ1n) is 9.22. The summed E-state index contributed by atoms with van der Waals surface area (Å²) >= 11 is 0. The number of aliphatic hydroxyl groups is 1. The molecule has 8 heteroatoms. The Hall–Kier alpha value is -1.55. The van der Waals surface area contributed by atoms with Crippen LogP contribution in [-0.2, 0) is 4.79 Å². The predicted molar refractivity (Wildman–Crippen MR) is 118 cm³/mol. The first-order chi connectivity index (χ1) is 12.6. The van der Waals surface area contributed by atoms with Gasteiger partial charge in [-0.05, 0) is 31.0 Å². The third-order valence-corrected chi connectivity index (χ3v) is 4.43. The average Bonchev–Trinajstić information content (AvgIpc) is 3.14. The minimum atomic E-state index is -0.706. The highest BCUT2D eigenvalue weighted by Gasteiger charge is 2.25. The van der Waals surface area contributed by atoms with E-state index >= 15 is 0 Å². The Morgan fingerprint density at radius 3 is 2.89 bits per heavy atom. The van der Waals surface area contributed by atoms with Crippen molar-refractivity contribution >= 4 is 35.8 Å². The second-order valence-corrected chi connectivity index (χ2v) is 6.34. The maximum absolute atomic E-state index is 11.8. The van der Waals surface area contributed by atoms with Crippen molar-refractivity contribution in [2.24, 2.45) is 4.99 Å². The summed E-state index contributed by atoms with van der Waals surface area (Å²) < 4.78 is 5.19. The van der Waals surface area contributed by atoms with Gasteiger partial charge in [0.2, 0.25) is 5.91 Å². The first kappa shape index (κ1) is 23.5. The fourth-order valence-electron chi connectivity index (χ4n) is 2.97. The molecule has 0 radical (unpaired) electrons. The number of carbonyl (C=O) groups is 1. The molecule has 0 aromatic heterocycles. The summed E-state index contributed by atoms with van der Waals surface area (Å²) in [6, 6.07) is 7.54. The highest BCUT2D eigenvalue weighted by atomic mass is 127. The van der Waals surface area contributed by atoms with Crippen LogP contribution in [0.1, 0.15) is 38.4 Å². The first-order valence-corrected chi connectivity index (χ1v) is 9.22. The van der Waals surface area contributed by atoms with Crippen molar-refractivity contribution in [3.8, 4) is 5.75 Å². The predicted octanol–water partition coefficient (Wildman–Crippen LogP) is 1.91. The van der Waals surface area contributed by atoms with Crippen LogP contribution in [-0.4, -0.2) is 61.2 Å². The summed E-state index contributed by atoms with van der Waals surface area (Å²) in [7, 11) is 1.60. The molecule has 1 aliphatic heterocycles. The van der Waals surface area contributed by atoms with Crippen LogP contribution in [0.4, 0.5) is 0 Å². The standard InChI is InChI=1S/C19H30N4O3.HI/c1-4-18(25)23-10-9-15(13-23)22-19(20-5-2)21-12-17(24)14-7-6-8-16(11-14)26-3;/h6-8,11,15,17,24H,4-5,9-10,12-13H2,1-3H3,(H2,20,21,22);1H. The van der Waals surface area contributed by atoms with Crippen molar-refractivity contribution in [3.63, 3.8) is 0 Å². The average molecular weight is 490 g/mol. The maximum atomic E-state index is 11.8. The zero-order chi connectivity index (χ0) is 18.9. The van der Waals surface area contributed by atoms with E-state index in [4.69, 9.17) is 4.74 Å². The Labute approximate surface area is 178 Å². The van der Waals surface area contributed by atoms with Gasteiger partial charge in [0.25, 0.3) is 0 Å². The summed E-state index contributed by atoms with van der Waals surface area (Å²) in [6.45, 7) is 6.32. The van der Waals surface area contributed by atoms with Gasteiger partial charge >= 0.3 is 0 Å². The number of methoxy groups -OCH3 is 1. The SMILES string of the molecule is CCNC(=NCC(O)c1cccc(OC)c1)NC1CCN(C(=O)CC)C1.I. The lowest BCUT2D eigenvalue weighted by molar-refractivity contribution is -0.129. The molecule has 1 saturated heterocycles. The van der Waals surface area contributed by atoms with E-state index < -0.39 is 6.10 Å². The fourth-order valence-corrected chi connectivity index (χ4v) is 2.97. The largest absolute Gasteiger partial charge is 0.497 e. The monoisotopic (exact) mass is 490 g/mol. The number of amides is 1. The highest BCUT2D eigenvalue weighted by molar-refractivity contribution is 14.0. The van der Waals surface area contributed by atoms with Gasteiger partial charge < -0.3 is 25.4 Å². The summed E-state index contributed by atoms with van der Waals surface area (Å²) in [4.78, 5) is 18.2. The van der Waals surface area contributed by atoms with Crippen LogP contribution in [0.5, 0.6) is 5.75 Å². The van der Waals surface area contributed by atoms with Crippen molar-refractivity contribution in [2.45, 2.75) is 38.8 Å². The third kappa shape index (κ3) is 7.17. The van der Waals surface area contributed by atoms with Gasteiger partial charge in [0.15, 0.2) is 5.96 Å². The zero-order valence-electron chi connectivity index (χ0n) is 16.3. The van der Waals surface area contributed by atoms with Gasteiger partial charge in [-0.15, -0.1) is 24.0 Å². The summed E-state index contributed by atoms with van der Waals surface area (Å²) in [5.41, 5.74) is 0.768. The number of nitrogens with zero attached hydrogens (tertiary/aromatic N) is 2. The topological polar surface area (TPSA) is 86.2 Å². The minimum absolute atomic E-state index is 0. The van der Waals surface area contributed by atoms with Crippen molar-refractivity contribution in [2.75, 3.05) is 33.3 Å². The van der Waals surface area contributed by atoms with Gasteiger partial charge in [-0.3, -0.25) is 9.79 Å². The van der Waals surface area contributed by atoms with Crippen LogP contribution in [0.15, 0.2) is 29.3 Å². The van der Waals surface area contributed by atoms with Gasteiger partial charge in [0.05, 0.1) is 19.8 Å². The number of aliphatic imine (C=N–C) groups is 1. The molecule has 2 atom stereocenters. The van der Waals surface area contributed by atoms with E-state index in [9.17, 15) is 9.90 Å². The van der Waals surface area contributed by atoms with E-state index in [1.165, 1.54) is 0 Å². The molecule has 3 N–H and O–H groups in total. The number of rotatable bonds is 7. The van der Waals surface area contributed by atoms with Crippen LogP contribution >= 0.6 is 24.0 Å². The molecule has 7 nitrogen and oxygen atoms in total. The molecule has 0 saturated carbocycles. The maximum Gasteiger partial charge on any atom is 0.222 e. The van der Waals surface area contributed by atoms with Crippen LogP contribution < -0.4 is 15.4 Å². The molecule has 152 valence electrons. The highest BCUT2D eigenvalue weighted by Crippen LogP contribution is 2.19. The lowest BCUT2D eigenvalue weighted by Gasteiger charge is -2.19. The molecule has 1 aliphatic rings. The number of ether oxygens (including phenoxy) is 1. The molecule has 1 heterocycles. The van der Waals surface area contributed by atoms with Crippen LogP contribution in [0.25, 0.3) is 0 Å². The van der Waals surface area contributed by atoms with Gasteiger partial charge in [0, 0.05) is 32.1 Å². The molecule has 0 aliphatic carbocycles. The minimum Gasteiger partial charge on any atom is -0.497 e. The quantitative estimate of drug-likeness (QED) is 0.309. The van der Waals surface area contributed by atoms with Crippen LogP contribution in [0.2, 0.25) is 0 Å². The van der Waals surface area contributed by atoms with E-state index in [2.05, 4.69) is 15.6 Å². The third-order valence-electron chi connectivity index (χ3n) is 4.43. The number of benzene rings is 1. The Morgan fingerprint density at radius 1 is 1.44 bits per heavy atom. The summed E-state index contributed by atoms with van der Waals surface area (Å²) in [6.07, 6.45) is 0.727. The van der Waals surface area contributed by atoms with E-state index in [0.717, 1.165) is 25.1 Å². The van der Waals surface area contributed by atoms with Crippen molar-refractivity contribution in [1.29, 1.82) is 0 Å². The zero-order valence-corrected chi connectivity index (χ0v) is 18.6. The fraction of sp³-hybridized carbons (Fsp3) is 0.579. The van der Waals surface area contributed by atoms with E-state index in [1.54, 1.807) is 7.11 Å². The van der Waals surface area contributed by atoms with Gasteiger partial charge in [0.1, 0.15) is 5.75 Å². The van der Waals surface area contributed by atoms with Crippen LogP contribution in [0, 0.1) is 0 Å². The number of hydrogen-bond donors (Lipinski definition) is 3. The van der Waals surface area contributed by atoms with Crippen molar-refractivity contribution < 1.29 is 14.6 Å².